The van der Waals surface area contributed by atoms with Crippen molar-refractivity contribution in [2.75, 3.05) is 36.9 Å². The van der Waals surface area contributed by atoms with Crippen LogP contribution in [0.4, 0.5) is 10.7 Å². The molecule has 28 heavy (non-hydrogen) atoms. The molecule has 0 bridgehead atoms. The maximum absolute atomic E-state index is 12.9. The molecule has 2 aliphatic heterocycles. The van der Waals surface area contributed by atoms with Crippen molar-refractivity contribution in [2.45, 2.75) is 24.8 Å². The lowest BCUT2D eigenvalue weighted by Gasteiger charge is -2.30. The van der Waals surface area contributed by atoms with Gasteiger partial charge in [-0.05, 0) is 44.0 Å². The predicted molar refractivity (Wildman–Crippen MR) is 112 cm³/mol. The molecule has 0 unspecified atom stereocenters. The van der Waals surface area contributed by atoms with Crippen LogP contribution in [0.2, 0.25) is 0 Å². The Hall–Kier alpha value is -2.06. The van der Waals surface area contributed by atoms with Gasteiger partial charge in [-0.3, -0.25) is 9.59 Å². The van der Waals surface area contributed by atoms with Crippen molar-refractivity contribution in [3.8, 4) is 0 Å². The molecule has 0 radical (unpaired) electrons. The Bertz CT molecular complexity index is 862. The molecule has 2 aromatic rings. The Morgan fingerprint density at radius 1 is 1.21 bits per heavy atom. The standard InChI is InChI=1S/C20H23N3O3S2/c1-2-26-20(25)14-7-10-22(11-8-14)19(24)16-5-6-17(28-16)23-12-13-27-18-15(23)4-3-9-21-18/h3-6,9,14H,2,7-8,10-13H2,1H3. The number of hydrogen-bond acceptors (Lipinski definition) is 7. The van der Waals surface area contributed by atoms with Gasteiger partial charge >= 0.3 is 5.97 Å². The van der Waals surface area contributed by atoms with Gasteiger partial charge in [0, 0.05) is 31.6 Å². The third kappa shape index (κ3) is 3.89. The third-order valence-electron chi connectivity index (χ3n) is 5.07. The molecule has 6 nitrogen and oxygen atoms in total. The molecule has 0 saturated carbocycles. The van der Waals surface area contributed by atoms with Crippen LogP contribution in [-0.4, -0.2) is 53.8 Å². The summed E-state index contributed by atoms with van der Waals surface area (Å²) in [5.74, 6) is 0.810. The van der Waals surface area contributed by atoms with Gasteiger partial charge in [0.05, 0.1) is 28.1 Å². The van der Waals surface area contributed by atoms with Crippen LogP contribution in [0.15, 0.2) is 35.5 Å². The Labute approximate surface area is 172 Å². The van der Waals surface area contributed by atoms with E-state index in [2.05, 4.69) is 16.0 Å². The fourth-order valence-electron chi connectivity index (χ4n) is 3.60. The van der Waals surface area contributed by atoms with Crippen molar-refractivity contribution in [2.24, 2.45) is 5.92 Å². The van der Waals surface area contributed by atoms with Crippen molar-refractivity contribution in [1.82, 2.24) is 9.88 Å². The molecular formula is C20H23N3O3S2. The number of amides is 1. The summed E-state index contributed by atoms with van der Waals surface area (Å²) in [6.45, 7) is 4.33. The van der Waals surface area contributed by atoms with Gasteiger partial charge in [0.1, 0.15) is 5.03 Å². The summed E-state index contributed by atoms with van der Waals surface area (Å²) in [4.78, 5) is 34.1. The fraction of sp³-hybridized carbons (Fsp3) is 0.450. The number of likely N-dealkylation sites (tertiary alicyclic amines) is 1. The van der Waals surface area contributed by atoms with Gasteiger partial charge in [0.2, 0.25) is 0 Å². The maximum Gasteiger partial charge on any atom is 0.309 e. The van der Waals surface area contributed by atoms with E-state index in [9.17, 15) is 9.59 Å². The molecule has 4 heterocycles. The molecule has 1 fully saturated rings. The van der Waals surface area contributed by atoms with Crippen LogP contribution in [0.3, 0.4) is 0 Å². The van der Waals surface area contributed by atoms with Crippen molar-refractivity contribution in [1.29, 1.82) is 0 Å². The van der Waals surface area contributed by atoms with E-state index in [0.717, 1.165) is 32.9 Å². The van der Waals surface area contributed by atoms with Gasteiger partial charge in [-0.2, -0.15) is 0 Å². The topological polar surface area (TPSA) is 62.7 Å². The molecule has 8 heteroatoms. The van der Waals surface area contributed by atoms with Crippen LogP contribution in [0, 0.1) is 5.92 Å². The highest BCUT2D eigenvalue weighted by Crippen LogP contribution is 2.40. The van der Waals surface area contributed by atoms with E-state index in [1.54, 1.807) is 11.8 Å². The molecular weight excluding hydrogens is 394 g/mol. The number of hydrogen-bond donors (Lipinski definition) is 0. The molecule has 0 spiro atoms. The number of anilines is 2. The molecule has 0 atom stereocenters. The van der Waals surface area contributed by atoms with Gasteiger partial charge in [-0.15, -0.1) is 23.1 Å². The van der Waals surface area contributed by atoms with E-state index in [4.69, 9.17) is 4.74 Å². The zero-order chi connectivity index (χ0) is 19.5. The maximum atomic E-state index is 12.9. The van der Waals surface area contributed by atoms with E-state index in [1.807, 2.05) is 36.2 Å². The zero-order valence-corrected chi connectivity index (χ0v) is 17.4. The lowest BCUT2D eigenvalue weighted by Crippen LogP contribution is -2.40. The Morgan fingerprint density at radius 2 is 2.04 bits per heavy atom. The lowest BCUT2D eigenvalue weighted by atomic mass is 9.97. The summed E-state index contributed by atoms with van der Waals surface area (Å²) >= 11 is 3.29. The summed E-state index contributed by atoms with van der Waals surface area (Å²) in [6.07, 6.45) is 3.16. The van der Waals surface area contributed by atoms with Crippen molar-refractivity contribution >= 4 is 45.7 Å². The Morgan fingerprint density at radius 3 is 2.82 bits per heavy atom. The number of fused-ring (bicyclic) bond motifs is 1. The van der Waals surface area contributed by atoms with E-state index < -0.39 is 0 Å². The first kappa shape index (κ1) is 19.3. The number of carbonyl (C=O) groups is 2. The molecule has 2 aliphatic rings. The summed E-state index contributed by atoms with van der Waals surface area (Å²) in [7, 11) is 0. The monoisotopic (exact) mass is 417 g/mol. The number of rotatable bonds is 4. The highest BCUT2D eigenvalue weighted by molar-refractivity contribution is 7.99. The number of ether oxygens (including phenoxy) is 1. The van der Waals surface area contributed by atoms with Crippen molar-refractivity contribution < 1.29 is 14.3 Å². The van der Waals surface area contributed by atoms with Crippen molar-refractivity contribution in [3.05, 3.63) is 35.3 Å². The predicted octanol–water partition coefficient (Wildman–Crippen LogP) is 3.80. The first-order valence-corrected chi connectivity index (χ1v) is 11.4. The molecule has 2 aromatic heterocycles. The van der Waals surface area contributed by atoms with Crippen molar-refractivity contribution in [3.63, 3.8) is 0 Å². The molecule has 4 rings (SSSR count). The molecule has 0 N–H and O–H groups in total. The smallest absolute Gasteiger partial charge is 0.309 e. The second-order valence-corrected chi connectivity index (χ2v) is 8.93. The summed E-state index contributed by atoms with van der Waals surface area (Å²) in [5.41, 5.74) is 1.11. The van der Waals surface area contributed by atoms with E-state index in [0.29, 0.717) is 32.5 Å². The van der Waals surface area contributed by atoms with Crippen LogP contribution in [-0.2, 0) is 9.53 Å². The minimum atomic E-state index is -0.136. The average Bonchev–Trinajstić information content (AvgIpc) is 3.23. The molecule has 1 amide bonds. The largest absolute Gasteiger partial charge is 0.466 e. The number of piperidine rings is 1. The summed E-state index contributed by atoms with van der Waals surface area (Å²) in [5, 5.41) is 2.11. The van der Waals surface area contributed by atoms with E-state index in [-0.39, 0.29) is 17.8 Å². The SMILES string of the molecule is CCOC(=O)C1CCN(C(=O)c2ccc(N3CCSc4ncccc43)s2)CC1. The molecule has 1 saturated heterocycles. The van der Waals surface area contributed by atoms with Crippen LogP contribution in [0.5, 0.6) is 0 Å². The highest BCUT2D eigenvalue weighted by atomic mass is 32.2. The van der Waals surface area contributed by atoms with Crippen LogP contribution in [0.1, 0.15) is 29.4 Å². The van der Waals surface area contributed by atoms with Gasteiger partial charge in [-0.1, -0.05) is 0 Å². The quantitative estimate of drug-likeness (QED) is 0.705. The van der Waals surface area contributed by atoms with Gasteiger partial charge in [0.15, 0.2) is 0 Å². The van der Waals surface area contributed by atoms with Crippen LogP contribution < -0.4 is 4.90 Å². The summed E-state index contributed by atoms with van der Waals surface area (Å²) in [6, 6.07) is 7.97. The molecule has 148 valence electrons. The van der Waals surface area contributed by atoms with Gasteiger partial charge < -0.3 is 14.5 Å². The number of thioether (sulfide) groups is 1. The first-order chi connectivity index (χ1) is 13.7. The second kappa shape index (κ2) is 8.53. The van der Waals surface area contributed by atoms with E-state index >= 15 is 0 Å². The summed E-state index contributed by atoms with van der Waals surface area (Å²) < 4.78 is 5.11. The number of esters is 1. The first-order valence-electron chi connectivity index (χ1n) is 9.58. The number of thiophene rings is 1. The number of aromatic nitrogens is 1. The number of carbonyl (C=O) groups excluding carboxylic acids is 2. The van der Waals surface area contributed by atoms with Crippen LogP contribution in [0.25, 0.3) is 0 Å². The minimum absolute atomic E-state index is 0.0522. The lowest BCUT2D eigenvalue weighted by molar-refractivity contribution is -0.149. The van der Waals surface area contributed by atoms with E-state index in [1.165, 1.54) is 11.3 Å². The zero-order valence-electron chi connectivity index (χ0n) is 15.8. The van der Waals surface area contributed by atoms with Crippen LogP contribution >= 0.6 is 23.1 Å². The Balaban J connectivity index is 1.43. The number of nitrogens with zero attached hydrogens (tertiary/aromatic N) is 3. The second-order valence-electron chi connectivity index (χ2n) is 6.78. The Kier molecular flexibility index (Phi) is 5.87. The fourth-order valence-corrected chi connectivity index (χ4v) is 5.55. The molecule has 0 aliphatic carbocycles. The highest BCUT2D eigenvalue weighted by Gasteiger charge is 2.29. The van der Waals surface area contributed by atoms with Gasteiger partial charge in [-0.25, -0.2) is 4.98 Å². The number of pyridine rings is 1. The minimum Gasteiger partial charge on any atom is -0.466 e. The third-order valence-corrected chi connectivity index (χ3v) is 7.14. The normalized spacial score (nSPS) is 17.3. The molecule has 0 aromatic carbocycles. The average molecular weight is 418 g/mol. The van der Waals surface area contributed by atoms with Gasteiger partial charge in [0.25, 0.3) is 5.91 Å².